The number of aliphatic hydroxyl groups excluding tert-OH is 1. The number of aliphatic hydroxyl groups is 1. The maximum atomic E-state index is 11.7. The van der Waals surface area contributed by atoms with Crippen LogP contribution in [0, 0.1) is 12.3 Å². The van der Waals surface area contributed by atoms with Crippen molar-refractivity contribution in [1.29, 1.82) is 0 Å². The largest absolute Gasteiger partial charge is 0.394 e. The van der Waals surface area contributed by atoms with Gasteiger partial charge in [0.1, 0.15) is 5.02 Å². The second kappa shape index (κ2) is 8.03. The van der Waals surface area contributed by atoms with Crippen LogP contribution < -0.4 is 10.9 Å². The molecule has 0 aliphatic rings. The third kappa shape index (κ3) is 4.26. The Balaban J connectivity index is 2.60. The molecule has 1 rings (SSSR count). The summed E-state index contributed by atoms with van der Waals surface area (Å²) in [6.45, 7) is 0.632. The fourth-order valence-electron chi connectivity index (χ4n) is 1.23. The Morgan fingerprint density at radius 2 is 2.44 bits per heavy atom. The number of halogens is 1. The second-order valence-electron chi connectivity index (χ2n) is 3.31. The number of terminal acetylenes is 1. The summed E-state index contributed by atoms with van der Waals surface area (Å²) >= 11 is 7.53. The number of anilines is 1. The summed E-state index contributed by atoms with van der Waals surface area (Å²) in [5.41, 5.74) is 0.0872. The molecule has 2 N–H and O–H groups in total. The summed E-state index contributed by atoms with van der Waals surface area (Å²) in [6, 6.07) is 0. The van der Waals surface area contributed by atoms with Crippen LogP contribution in [0.25, 0.3) is 0 Å². The van der Waals surface area contributed by atoms with Gasteiger partial charge in [-0.1, -0.05) is 17.5 Å². The topological polar surface area (TPSA) is 67.2 Å². The van der Waals surface area contributed by atoms with Gasteiger partial charge < -0.3 is 10.4 Å². The van der Waals surface area contributed by atoms with Crippen LogP contribution in [0.2, 0.25) is 5.02 Å². The number of hydrogen-bond donors (Lipinski definition) is 2. The van der Waals surface area contributed by atoms with E-state index in [0.29, 0.717) is 18.0 Å². The van der Waals surface area contributed by atoms with Crippen molar-refractivity contribution >= 4 is 29.1 Å². The monoisotopic (exact) mass is 287 g/mol. The SMILES string of the molecule is C#CCSCCNc1cnn(CCO)c(=O)c1Cl. The fourth-order valence-corrected chi connectivity index (χ4v) is 1.95. The first-order chi connectivity index (χ1) is 8.70. The first kappa shape index (κ1) is 14.9. The molecule has 0 saturated heterocycles. The summed E-state index contributed by atoms with van der Waals surface area (Å²) in [5, 5.41) is 15.8. The van der Waals surface area contributed by atoms with Gasteiger partial charge in [0.2, 0.25) is 0 Å². The molecule has 0 bridgehead atoms. The summed E-state index contributed by atoms with van der Waals surface area (Å²) in [4.78, 5) is 11.7. The predicted octanol–water partition coefficient (Wildman–Crippen LogP) is 0.667. The van der Waals surface area contributed by atoms with Crippen molar-refractivity contribution in [3.05, 3.63) is 21.6 Å². The van der Waals surface area contributed by atoms with E-state index in [9.17, 15) is 4.79 Å². The first-order valence-electron chi connectivity index (χ1n) is 5.32. The predicted molar refractivity (Wildman–Crippen MR) is 75.2 cm³/mol. The summed E-state index contributed by atoms with van der Waals surface area (Å²) in [7, 11) is 0. The van der Waals surface area contributed by atoms with Gasteiger partial charge in [0.25, 0.3) is 5.56 Å². The third-order valence-electron chi connectivity index (χ3n) is 2.04. The minimum absolute atomic E-state index is 0.0837. The zero-order valence-corrected chi connectivity index (χ0v) is 11.3. The van der Waals surface area contributed by atoms with E-state index in [-0.39, 0.29) is 18.2 Å². The number of aromatic nitrogens is 2. The highest BCUT2D eigenvalue weighted by molar-refractivity contribution is 7.99. The normalized spacial score (nSPS) is 10.1. The summed E-state index contributed by atoms with van der Waals surface area (Å²) in [6.07, 6.45) is 6.60. The number of nitrogens with zero attached hydrogens (tertiary/aromatic N) is 2. The molecule has 0 radical (unpaired) electrons. The Morgan fingerprint density at radius 3 is 3.11 bits per heavy atom. The van der Waals surface area contributed by atoms with Crippen molar-refractivity contribution in [2.45, 2.75) is 6.54 Å². The van der Waals surface area contributed by atoms with Crippen LogP contribution in [0.4, 0.5) is 5.69 Å². The Kier molecular flexibility index (Phi) is 6.65. The van der Waals surface area contributed by atoms with Gasteiger partial charge in [0.05, 0.1) is 30.8 Å². The second-order valence-corrected chi connectivity index (χ2v) is 4.79. The molecule has 0 unspecified atom stereocenters. The van der Waals surface area contributed by atoms with E-state index in [2.05, 4.69) is 16.3 Å². The fraction of sp³-hybridized carbons (Fsp3) is 0.455. The Morgan fingerprint density at radius 1 is 1.67 bits per heavy atom. The van der Waals surface area contributed by atoms with Crippen molar-refractivity contribution in [1.82, 2.24) is 9.78 Å². The molecule has 1 aromatic rings. The lowest BCUT2D eigenvalue weighted by Gasteiger charge is -2.09. The number of nitrogens with one attached hydrogen (secondary N) is 1. The molecule has 7 heteroatoms. The van der Waals surface area contributed by atoms with E-state index in [1.807, 2.05) is 0 Å². The number of rotatable bonds is 7. The van der Waals surface area contributed by atoms with Crippen LogP contribution in [-0.2, 0) is 6.54 Å². The molecular weight excluding hydrogens is 274 g/mol. The molecule has 0 aromatic carbocycles. The van der Waals surface area contributed by atoms with Gasteiger partial charge in [0, 0.05) is 12.3 Å². The lowest BCUT2D eigenvalue weighted by molar-refractivity contribution is 0.266. The van der Waals surface area contributed by atoms with Gasteiger partial charge in [-0.25, -0.2) is 4.68 Å². The highest BCUT2D eigenvalue weighted by Gasteiger charge is 2.08. The summed E-state index contributed by atoms with van der Waals surface area (Å²) < 4.78 is 1.13. The van der Waals surface area contributed by atoms with Gasteiger partial charge in [-0.3, -0.25) is 4.79 Å². The van der Waals surface area contributed by atoms with Gasteiger partial charge >= 0.3 is 0 Å². The molecule has 5 nitrogen and oxygen atoms in total. The molecule has 98 valence electrons. The minimum atomic E-state index is -0.410. The van der Waals surface area contributed by atoms with Gasteiger partial charge in [-0.15, -0.1) is 18.2 Å². The van der Waals surface area contributed by atoms with Gasteiger partial charge in [-0.2, -0.15) is 5.10 Å². The molecule has 0 fully saturated rings. The lowest BCUT2D eigenvalue weighted by Crippen LogP contribution is -2.25. The molecule has 1 aromatic heterocycles. The third-order valence-corrected chi connectivity index (χ3v) is 3.27. The van der Waals surface area contributed by atoms with E-state index in [1.54, 1.807) is 11.8 Å². The van der Waals surface area contributed by atoms with E-state index in [1.165, 1.54) is 6.20 Å². The van der Waals surface area contributed by atoms with Crippen LogP contribution >= 0.6 is 23.4 Å². The minimum Gasteiger partial charge on any atom is -0.394 e. The van der Waals surface area contributed by atoms with Gasteiger partial charge in [-0.05, 0) is 0 Å². The van der Waals surface area contributed by atoms with Crippen molar-refractivity contribution in [3.8, 4) is 12.3 Å². The molecule has 0 atom stereocenters. The smallest absolute Gasteiger partial charge is 0.287 e. The van der Waals surface area contributed by atoms with Crippen LogP contribution in [0.5, 0.6) is 0 Å². The molecule has 0 amide bonds. The lowest BCUT2D eigenvalue weighted by atomic mass is 10.4. The van der Waals surface area contributed by atoms with Crippen molar-refractivity contribution < 1.29 is 5.11 Å². The average molecular weight is 288 g/mol. The van der Waals surface area contributed by atoms with Crippen LogP contribution in [0.15, 0.2) is 11.0 Å². The van der Waals surface area contributed by atoms with E-state index in [0.717, 1.165) is 10.4 Å². The number of thioether (sulfide) groups is 1. The van der Waals surface area contributed by atoms with Gasteiger partial charge in [0.15, 0.2) is 0 Å². The van der Waals surface area contributed by atoms with Crippen molar-refractivity contribution in [2.75, 3.05) is 30.0 Å². The molecule has 0 spiro atoms. The Bertz CT molecular complexity index is 484. The van der Waals surface area contributed by atoms with Crippen LogP contribution in [0.3, 0.4) is 0 Å². The molecule has 0 aliphatic carbocycles. The van der Waals surface area contributed by atoms with E-state index in [4.69, 9.17) is 23.1 Å². The van der Waals surface area contributed by atoms with Crippen LogP contribution in [0.1, 0.15) is 0 Å². The first-order valence-corrected chi connectivity index (χ1v) is 6.85. The molecule has 0 saturated carbocycles. The molecule has 18 heavy (non-hydrogen) atoms. The van der Waals surface area contributed by atoms with Crippen LogP contribution in [-0.4, -0.2) is 39.5 Å². The highest BCUT2D eigenvalue weighted by atomic mass is 35.5. The van der Waals surface area contributed by atoms with E-state index < -0.39 is 5.56 Å². The number of hydrogen-bond acceptors (Lipinski definition) is 5. The maximum Gasteiger partial charge on any atom is 0.287 e. The maximum absolute atomic E-state index is 11.7. The van der Waals surface area contributed by atoms with Crippen molar-refractivity contribution in [3.63, 3.8) is 0 Å². The Hall–Kier alpha value is -1.16. The molecule has 0 aliphatic heterocycles. The van der Waals surface area contributed by atoms with Crippen molar-refractivity contribution in [2.24, 2.45) is 0 Å². The molecule has 1 heterocycles. The Labute approximate surface area is 115 Å². The summed E-state index contributed by atoms with van der Waals surface area (Å²) in [5.74, 6) is 4.01. The zero-order chi connectivity index (χ0) is 13.4. The average Bonchev–Trinajstić information content (AvgIpc) is 2.37. The molecular formula is C11H14ClN3O2S. The highest BCUT2D eigenvalue weighted by Crippen LogP contribution is 2.15. The quantitative estimate of drug-likeness (QED) is 0.570. The zero-order valence-electron chi connectivity index (χ0n) is 9.73. The van der Waals surface area contributed by atoms with E-state index >= 15 is 0 Å². The standard InChI is InChI=1S/C11H14ClN3O2S/c1-2-6-18-7-3-13-9-8-14-15(4-5-16)11(17)10(9)12/h1,8,13,16H,3-7H2.